The van der Waals surface area contributed by atoms with Crippen molar-refractivity contribution in [2.75, 3.05) is 6.61 Å². The average Bonchev–Trinajstić information content (AvgIpc) is 2.60. The molecule has 0 radical (unpaired) electrons. The quantitative estimate of drug-likeness (QED) is 0.462. The van der Waals surface area contributed by atoms with Crippen LogP contribution in [0.15, 0.2) is 58.5 Å². The van der Waals surface area contributed by atoms with E-state index in [1.165, 1.54) is 36.4 Å². The Kier molecular flexibility index (Phi) is 5.71. The van der Waals surface area contributed by atoms with Crippen LogP contribution in [-0.2, 0) is 10.0 Å². The van der Waals surface area contributed by atoms with Gasteiger partial charge in [0.1, 0.15) is 5.75 Å². The maximum atomic E-state index is 12.2. The van der Waals surface area contributed by atoms with Crippen LogP contribution in [0.5, 0.6) is 5.75 Å². The van der Waals surface area contributed by atoms with Crippen molar-refractivity contribution in [1.29, 1.82) is 0 Å². The van der Waals surface area contributed by atoms with Gasteiger partial charge >= 0.3 is 0 Å². The van der Waals surface area contributed by atoms with Gasteiger partial charge in [-0.15, -0.1) is 0 Å². The minimum atomic E-state index is -3.82. The molecule has 0 aliphatic rings. The largest absolute Gasteiger partial charge is 0.494 e. The normalized spacial score (nSPS) is 11.8. The topological polar surface area (TPSA) is 111 Å². The van der Waals surface area contributed by atoms with Crippen molar-refractivity contribution in [1.82, 2.24) is 4.83 Å². The molecule has 0 spiro atoms. The van der Waals surface area contributed by atoms with Gasteiger partial charge in [-0.05, 0) is 55.8 Å². The molecule has 0 atom stereocenters. The first-order valence-electron chi connectivity index (χ1n) is 7.37. The highest BCUT2D eigenvalue weighted by Gasteiger charge is 2.13. The van der Waals surface area contributed by atoms with Crippen molar-refractivity contribution in [3.8, 4) is 5.75 Å². The Hall–Kier alpha value is -2.94. The molecule has 2 aromatic carbocycles. The predicted octanol–water partition coefficient (Wildman–Crippen LogP) is 2.70. The molecule has 0 aromatic heterocycles. The molecule has 9 heteroatoms. The van der Waals surface area contributed by atoms with Crippen molar-refractivity contribution < 1.29 is 18.1 Å². The lowest BCUT2D eigenvalue weighted by atomic mass is 10.1. The van der Waals surface area contributed by atoms with Crippen LogP contribution >= 0.6 is 0 Å². The predicted molar refractivity (Wildman–Crippen MR) is 93.2 cm³/mol. The fourth-order valence-electron chi connectivity index (χ4n) is 1.95. The zero-order valence-electron chi connectivity index (χ0n) is 13.7. The first-order chi connectivity index (χ1) is 11.8. The fraction of sp³-hybridized carbons (Fsp3) is 0.188. The van der Waals surface area contributed by atoms with E-state index in [1.807, 2.05) is 6.92 Å². The fourth-order valence-corrected chi connectivity index (χ4v) is 2.81. The van der Waals surface area contributed by atoms with E-state index in [9.17, 15) is 18.5 Å². The molecule has 2 aromatic rings. The van der Waals surface area contributed by atoms with E-state index in [-0.39, 0.29) is 10.6 Å². The minimum absolute atomic E-state index is 0.0495. The molecule has 25 heavy (non-hydrogen) atoms. The monoisotopic (exact) mass is 363 g/mol. The Bertz CT molecular complexity index is 875. The third kappa shape index (κ3) is 4.77. The van der Waals surface area contributed by atoms with E-state index in [2.05, 4.69) is 9.93 Å². The van der Waals surface area contributed by atoms with Gasteiger partial charge in [0, 0.05) is 12.1 Å². The summed E-state index contributed by atoms with van der Waals surface area (Å²) in [5.41, 5.74) is 0.899. The molecule has 0 aliphatic carbocycles. The average molecular weight is 363 g/mol. The number of non-ortho nitro benzene ring substituents is 1. The first kappa shape index (κ1) is 18.4. The highest BCUT2D eigenvalue weighted by atomic mass is 32.2. The number of nitro groups is 1. The van der Waals surface area contributed by atoms with Gasteiger partial charge in [-0.1, -0.05) is 0 Å². The number of benzene rings is 2. The van der Waals surface area contributed by atoms with Gasteiger partial charge in [0.05, 0.1) is 22.1 Å². The number of ether oxygens (including phenoxy) is 1. The SMILES string of the molecule is CCOc1ccc(S(=O)(=O)N/N=C(\C)c2ccc([N+](=O)[O-])cc2)cc1. The number of rotatable bonds is 7. The molecule has 2 rings (SSSR count). The molecule has 8 nitrogen and oxygen atoms in total. The zero-order valence-corrected chi connectivity index (χ0v) is 14.5. The lowest BCUT2D eigenvalue weighted by Gasteiger charge is -2.07. The van der Waals surface area contributed by atoms with Crippen LogP contribution < -0.4 is 9.57 Å². The summed E-state index contributed by atoms with van der Waals surface area (Å²) in [4.78, 5) is 12.3. The van der Waals surface area contributed by atoms with Crippen LogP contribution in [-0.4, -0.2) is 25.7 Å². The summed E-state index contributed by atoms with van der Waals surface area (Å²) in [6, 6.07) is 11.6. The molecule has 0 saturated carbocycles. The first-order valence-corrected chi connectivity index (χ1v) is 8.85. The molecular weight excluding hydrogens is 346 g/mol. The van der Waals surface area contributed by atoms with E-state index < -0.39 is 14.9 Å². The molecule has 0 saturated heterocycles. The summed E-state index contributed by atoms with van der Waals surface area (Å²) in [7, 11) is -3.82. The molecule has 132 valence electrons. The van der Waals surface area contributed by atoms with Gasteiger partial charge in [-0.3, -0.25) is 10.1 Å². The lowest BCUT2D eigenvalue weighted by Crippen LogP contribution is -2.20. The molecule has 0 amide bonds. The Morgan fingerprint density at radius 3 is 2.28 bits per heavy atom. The van der Waals surface area contributed by atoms with Crippen molar-refractivity contribution in [3.63, 3.8) is 0 Å². The summed E-state index contributed by atoms with van der Waals surface area (Å²) < 4.78 is 29.7. The summed E-state index contributed by atoms with van der Waals surface area (Å²) >= 11 is 0. The summed E-state index contributed by atoms with van der Waals surface area (Å²) in [5, 5.41) is 14.5. The van der Waals surface area contributed by atoms with Crippen molar-refractivity contribution in [2.45, 2.75) is 18.7 Å². The smallest absolute Gasteiger partial charge is 0.276 e. The molecular formula is C16H17N3O5S. The van der Waals surface area contributed by atoms with E-state index in [0.29, 0.717) is 23.6 Å². The van der Waals surface area contributed by atoms with E-state index in [1.54, 1.807) is 19.1 Å². The summed E-state index contributed by atoms with van der Waals surface area (Å²) in [6.45, 7) is 3.92. The van der Waals surface area contributed by atoms with E-state index >= 15 is 0 Å². The highest BCUT2D eigenvalue weighted by Crippen LogP contribution is 2.16. The molecule has 0 heterocycles. The maximum Gasteiger partial charge on any atom is 0.276 e. The Balaban J connectivity index is 2.13. The number of hydrazone groups is 1. The standard InChI is InChI=1S/C16H17N3O5S/c1-3-24-15-8-10-16(11-9-15)25(22,23)18-17-12(2)13-4-6-14(7-5-13)19(20)21/h4-11,18H,3H2,1-2H3/b17-12+. The van der Waals surface area contributed by atoms with Gasteiger partial charge in [0.2, 0.25) is 0 Å². The number of nitrogens with one attached hydrogen (secondary N) is 1. The second-order valence-corrected chi connectivity index (χ2v) is 6.66. The van der Waals surface area contributed by atoms with Gasteiger partial charge in [-0.2, -0.15) is 18.4 Å². The Labute approximate surface area is 145 Å². The van der Waals surface area contributed by atoms with Gasteiger partial charge in [0.25, 0.3) is 15.7 Å². The van der Waals surface area contributed by atoms with Crippen LogP contribution in [0.4, 0.5) is 5.69 Å². The third-order valence-corrected chi connectivity index (χ3v) is 4.50. The number of sulfonamides is 1. The van der Waals surface area contributed by atoms with Gasteiger partial charge in [-0.25, -0.2) is 0 Å². The Morgan fingerprint density at radius 1 is 1.16 bits per heavy atom. The van der Waals surface area contributed by atoms with E-state index in [4.69, 9.17) is 4.74 Å². The third-order valence-electron chi connectivity index (χ3n) is 3.27. The highest BCUT2D eigenvalue weighted by molar-refractivity contribution is 7.89. The summed E-state index contributed by atoms with van der Waals surface area (Å²) in [5.74, 6) is 0.576. The van der Waals surface area contributed by atoms with Crippen LogP contribution in [0, 0.1) is 10.1 Å². The van der Waals surface area contributed by atoms with Crippen LogP contribution in [0.25, 0.3) is 0 Å². The van der Waals surface area contributed by atoms with Crippen LogP contribution in [0.2, 0.25) is 0 Å². The maximum absolute atomic E-state index is 12.2. The molecule has 0 fully saturated rings. The van der Waals surface area contributed by atoms with Crippen LogP contribution in [0.1, 0.15) is 19.4 Å². The van der Waals surface area contributed by atoms with Crippen LogP contribution in [0.3, 0.4) is 0 Å². The lowest BCUT2D eigenvalue weighted by molar-refractivity contribution is -0.384. The second-order valence-electron chi connectivity index (χ2n) is 5.00. The number of nitrogens with zero attached hydrogens (tertiary/aromatic N) is 2. The van der Waals surface area contributed by atoms with Crippen molar-refractivity contribution in [2.24, 2.45) is 5.10 Å². The molecule has 0 unspecified atom stereocenters. The van der Waals surface area contributed by atoms with E-state index in [0.717, 1.165) is 0 Å². The second kappa shape index (κ2) is 7.75. The Morgan fingerprint density at radius 2 is 1.76 bits per heavy atom. The van der Waals surface area contributed by atoms with Crippen molar-refractivity contribution >= 4 is 21.4 Å². The molecule has 1 N–H and O–H groups in total. The molecule has 0 aliphatic heterocycles. The van der Waals surface area contributed by atoms with Gasteiger partial charge < -0.3 is 4.74 Å². The van der Waals surface area contributed by atoms with Crippen molar-refractivity contribution in [3.05, 3.63) is 64.2 Å². The molecule has 0 bridgehead atoms. The number of hydrogen-bond donors (Lipinski definition) is 1. The number of nitro benzene ring substituents is 1. The zero-order chi connectivity index (χ0) is 18.4. The minimum Gasteiger partial charge on any atom is -0.494 e. The number of hydrogen-bond acceptors (Lipinski definition) is 6. The van der Waals surface area contributed by atoms with Gasteiger partial charge in [0.15, 0.2) is 0 Å². The summed E-state index contributed by atoms with van der Waals surface area (Å²) in [6.07, 6.45) is 0.